The number of hydrogen-bond acceptors (Lipinski definition) is 4. The van der Waals surface area contributed by atoms with Gasteiger partial charge in [-0.1, -0.05) is 30.3 Å². The second-order valence-corrected chi connectivity index (χ2v) is 6.84. The lowest BCUT2D eigenvalue weighted by atomic mass is 9.99. The highest BCUT2D eigenvalue weighted by Crippen LogP contribution is 2.19. The molecule has 1 aliphatic rings. The minimum absolute atomic E-state index is 0.640. The highest BCUT2D eigenvalue weighted by molar-refractivity contribution is 5.15. The lowest BCUT2D eigenvalue weighted by Crippen LogP contribution is -2.30. The Hall–Kier alpha value is -2.47. The summed E-state index contributed by atoms with van der Waals surface area (Å²) in [7, 11) is 0. The fourth-order valence-electron chi connectivity index (χ4n) is 3.47. The topological polar surface area (TPSA) is 60.6 Å². The molecule has 0 fully saturated rings. The first-order valence-corrected chi connectivity index (χ1v) is 8.92. The zero-order valence-electron chi connectivity index (χ0n) is 14.6. The van der Waals surface area contributed by atoms with Crippen LogP contribution in [0.2, 0.25) is 0 Å². The summed E-state index contributed by atoms with van der Waals surface area (Å²) in [6.45, 7) is 5.75. The van der Waals surface area contributed by atoms with Crippen LogP contribution >= 0.6 is 0 Å². The molecule has 0 unspecified atom stereocenters. The molecule has 0 bridgehead atoms. The number of benzene rings is 1. The van der Waals surface area contributed by atoms with Crippen LogP contribution in [0.4, 0.5) is 0 Å². The summed E-state index contributed by atoms with van der Waals surface area (Å²) in [6.07, 6.45) is 6.29. The van der Waals surface area contributed by atoms with E-state index in [1.54, 1.807) is 0 Å². The van der Waals surface area contributed by atoms with E-state index >= 15 is 0 Å². The molecule has 0 saturated carbocycles. The number of aromatic nitrogens is 5. The summed E-state index contributed by atoms with van der Waals surface area (Å²) < 4.78 is 4.26. The van der Waals surface area contributed by atoms with E-state index in [1.165, 1.54) is 17.5 Å². The summed E-state index contributed by atoms with van der Waals surface area (Å²) in [4.78, 5) is 0. The first kappa shape index (κ1) is 16.0. The van der Waals surface area contributed by atoms with Crippen LogP contribution < -0.4 is 5.32 Å². The van der Waals surface area contributed by atoms with E-state index in [1.807, 2.05) is 23.9 Å². The quantitative estimate of drug-likeness (QED) is 0.749. The van der Waals surface area contributed by atoms with Gasteiger partial charge in [-0.2, -0.15) is 5.10 Å². The van der Waals surface area contributed by atoms with Crippen LogP contribution in [0.25, 0.3) is 0 Å². The molecule has 0 radical (unpaired) electrons. The van der Waals surface area contributed by atoms with Crippen molar-refractivity contribution in [1.29, 1.82) is 0 Å². The molecule has 0 amide bonds. The van der Waals surface area contributed by atoms with Crippen molar-refractivity contribution in [3.05, 3.63) is 65.5 Å². The van der Waals surface area contributed by atoms with Crippen LogP contribution in [0, 0.1) is 12.8 Å². The highest BCUT2D eigenvalue weighted by atomic mass is 15.3. The zero-order valence-corrected chi connectivity index (χ0v) is 14.6. The van der Waals surface area contributed by atoms with Crippen molar-refractivity contribution in [3.8, 4) is 0 Å². The highest BCUT2D eigenvalue weighted by Gasteiger charge is 2.21. The van der Waals surface area contributed by atoms with E-state index in [2.05, 4.69) is 55.6 Å². The van der Waals surface area contributed by atoms with E-state index in [0.717, 1.165) is 44.2 Å². The maximum atomic E-state index is 4.47. The van der Waals surface area contributed by atoms with Crippen molar-refractivity contribution < 1.29 is 0 Å². The fourth-order valence-corrected chi connectivity index (χ4v) is 3.47. The Morgan fingerprint density at radius 2 is 2.04 bits per heavy atom. The van der Waals surface area contributed by atoms with Crippen molar-refractivity contribution in [2.45, 2.75) is 39.4 Å². The molecule has 1 N–H and O–H groups in total. The van der Waals surface area contributed by atoms with E-state index in [4.69, 9.17) is 0 Å². The molecule has 2 aromatic heterocycles. The molecule has 1 aromatic carbocycles. The molecule has 130 valence electrons. The standard InChI is InChI=1S/C19H24N6/c1-15-22-23-19-8-7-17(14-25(15)19)9-20-10-18-11-21-24(13-18)12-16-5-3-2-4-6-16/h2-6,11,13,17,20H,7-10,12,14H2,1H3/t17-/m1/s1. The van der Waals surface area contributed by atoms with Gasteiger partial charge in [-0.3, -0.25) is 4.68 Å². The van der Waals surface area contributed by atoms with Gasteiger partial charge in [0, 0.05) is 31.3 Å². The minimum Gasteiger partial charge on any atom is -0.315 e. The van der Waals surface area contributed by atoms with Gasteiger partial charge in [0.05, 0.1) is 12.7 Å². The third-order valence-corrected chi connectivity index (χ3v) is 4.87. The van der Waals surface area contributed by atoms with E-state index < -0.39 is 0 Å². The van der Waals surface area contributed by atoms with E-state index in [9.17, 15) is 0 Å². The van der Waals surface area contributed by atoms with Gasteiger partial charge in [0.2, 0.25) is 0 Å². The molecule has 6 nitrogen and oxygen atoms in total. The maximum absolute atomic E-state index is 4.47. The number of fused-ring (bicyclic) bond motifs is 1. The van der Waals surface area contributed by atoms with Crippen LogP contribution in [0.1, 0.15) is 29.2 Å². The Morgan fingerprint density at radius 3 is 2.92 bits per heavy atom. The largest absolute Gasteiger partial charge is 0.315 e. The summed E-state index contributed by atoms with van der Waals surface area (Å²) in [5, 5.41) is 16.5. The van der Waals surface area contributed by atoms with Crippen LogP contribution in [0.5, 0.6) is 0 Å². The molecule has 25 heavy (non-hydrogen) atoms. The third kappa shape index (κ3) is 3.79. The number of rotatable bonds is 6. The number of nitrogens with one attached hydrogen (secondary N) is 1. The molecule has 0 aliphatic carbocycles. The van der Waals surface area contributed by atoms with Crippen molar-refractivity contribution in [2.75, 3.05) is 6.54 Å². The van der Waals surface area contributed by atoms with Gasteiger partial charge in [-0.25, -0.2) is 0 Å². The zero-order chi connectivity index (χ0) is 17.1. The molecule has 3 heterocycles. The first-order chi connectivity index (χ1) is 12.3. The average molecular weight is 336 g/mol. The first-order valence-electron chi connectivity index (χ1n) is 8.92. The van der Waals surface area contributed by atoms with Gasteiger partial charge in [0.25, 0.3) is 0 Å². The van der Waals surface area contributed by atoms with Gasteiger partial charge in [0.1, 0.15) is 11.6 Å². The van der Waals surface area contributed by atoms with Crippen LogP contribution in [-0.4, -0.2) is 31.1 Å². The molecular weight excluding hydrogens is 312 g/mol. The second kappa shape index (κ2) is 7.19. The van der Waals surface area contributed by atoms with Crippen molar-refractivity contribution in [3.63, 3.8) is 0 Å². The third-order valence-electron chi connectivity index (χ3n) is 4.87. The predicted octanol–water partition coefficient (Wildman–Crippen LogP) is 2.18. The average Bonchev–Trinajstić information content (AvgIpc) is 3.23. The van der Waals surface area contributed by atoms with Gasteiger partial charge in [0.15, 0.2) is 0 Å². The molecule has 4 rings (SSSR count). The Morgan fingerprint density at radius 1 is 1.16 bits per heavy atom. The van der Waals surface area contributed by atoms with Crippen LogP contribution in [0.15, 0.2) is 42.7 Å². The van der Waals surface area contributed by atoms with E-state index in [0.29, 0.717) is 5.92 Å². The van der Waals surface area contributed by atoms with Gasteiger partial charge >= 0.3 is 0 Å². The summed E-state index contributed by atoms with van der Waals surface area (Å²) in [5.41, 5.74) is 2.50. The molecule has 1 aliphatic heterocycles. The van der Waals surface area contributed by atoms with Crippen LogP contribution in [-0.2, 0) is 26.1 Å². The lowest BCUT2D eigenvalue weighted by Gasteiger charge is -2.24. The van der Waals surface area contributed by atoms with E-state index in [-0.39, 0.29) is 0 Å². The predicted molar refractivity (Wildman–Crippen MR) is 96.0 cm³/mol. The smallest absolute Gasteiger partial charge is 0.133 e. The SMILES string of the molecule is Cc1nnc2n1C[C@@H](CNCc1cnn(Cc3ccccc3)c1)CC2. The number of hydrogen-bond donors (Lipinski definition) is 1. The number of nitrogens with zero attached hydrogens (tertiary/aromatic N) is 5. The summed E-state index contributed by atoms with van der Waals surface area (Å²) in [6, 6.07) is 10.4. The Balaban J connectivity index is 1.26. The van der Waals surface area contributed by atoms with Crippen molar-refractivity contribution in [2.24, 2.45) is 5.92 Å². The summed E-state index contributed by atoms with van der Waals surface area (Å²) in [5.74, 6) is 2.80. The normalized spacial score (nSPS) is 16.8. The number of aryl methyl sites for hydroxylation is 2. The van der Waals surface area contributed by atoms with Gasteiger partial charge in [-0.15, -0.1) is 10.2 Å². The van der Waals surface area contributed by atoms with Gasteiger partial charge in [-0.05, 0) is 31.4 Å². The Labute approximate surface area is 147 Å². The van der Waals surface area contributed by atoms with Gasteiger partial charge < -0.3 is 9.88 Å². The van der Waals surface area contributed by atoms with Crippen molar-refractivity contribution in [1.82, 2.24) is 29.9 Å². The molecular formula is C19H24N6. The maximum Gasteiger partial charge on any atom is 0.133 e. The molecule has 3 aromatic rings. The summed E-state index contributed by atoms with van der Waals surface area (Å²) >= 11 is 0. The molecule has 1 atom stereocenters. The molecule has 0 spiro atoms. The van der Waals surface area contributed by atoms with Crippen LogP contribution in [0.3, 0.4) is 0 Å². The Bertz CT molecular complexity index is 820. The Kier molecular flexibility index (Phi) is 4.61. The molecule has 0 saturated heterocycles. The van der Waals surface area contributed by atoms with Crippen molar-refractivity contribution >= 4 is 0 Å². The minimum atomic E-state index is 0.640. The lowest BCUT2D eigenvalue weighted by molar-refractivity contribution is 0.344. The monoisotopic (exact) mass is 336 g/mol. The second-order valence-electron chi connectivity index (χ2n) is 6.84. The fraction of sp³-hybridized carbons (Fsp3) is 0.421. The molecule has 6 heteroatoms.